The monoisotopic (exact) mass is 464 g/mol. The number of anilines is 2. The van der Waals surface area contributed by atoms with Crippen LogP contribution in [-0.4, -0.2) is 60.2 Å². The average molecular weight is 464 g/mol. The summed E-state index contributed by atoms with van der Waals surface area (Å²) in [5, 5.41) is 5.47. The van der Waals surface area contributed by atoms with Crippen molar-refractivity contribution >= 4 is 29.1 Å². The molecule has 176 valence electrons. The highest BCUT2D eigenvalue weighted by molar-refractivity contribution is 6.04. The van der Waals surface area contributed by atoms with Crippen LogP contribution in [0.3, 0.4) is 0 Å². The fourth-order valence-corrected chi connectivity index (χ4v) is 3.74. The summed E-state index contributed by atoms with van der Waals surface area (Å²) in [7, 11) is 0. The molecule has 3 aromatic rings. The van der Waals surface area contributed by atoms with Gasteiger partial charge in [0.1, 0.15) is 5.82 Å². The van der Waals surface area contributed by atoms with Gasteiger partial charge < -0.3 is 20.0 Å². The summed E-state index contributed by atoms with van der Waals surface area (Å²) in [4.78, 5) is 41.3. The molecule has 1 saturated heterocycles. The molecule has 0 radical (unpaired) electrons. The maximum atomic E-state index is 13.3. The molecule has 8 nitrogen and oxygen atoms in total. The van der Waals surface area contributed by atoms with Crippen LogP contribution in [0.25, 0.3) is 0 Å². The first-order chi connectivity index (χ1) is 16.4. The number of piperazine rings is 1. The van der Waals surface area contributed by atoms with Gasteiger partial charge in [-0.1, -0.05) is 12.1 Å². The molecule has 9 heteroatoms. The molecular weight excluding hydrogens is 439 g/mol. The van der Waals surface area contributed by atoms with Crippen LogP contribution in [0.4, 0.5) is 15.8 Å². The van der Waals surface area contributed by atoms with Crippen molar-refractivity contribution in [3.05, 3.63) is 83.6 Å². The fourth-order valence-electron chi connectivity index (χ4n) is 3.74. The van der Waals surface area contributed by atoms with Crippen LogP contribution in [0.5, 0.6) is 0 Å². The number of nitrogens with one attached hydrogen (secondary N) is 2. The van der Waals surface area contributed by atoms with E-state index in [0.29, 0.717) is 43.1 Å². The summed E-state index contributed by atoms with van der Waals surface area (Å²) in [5.74, 6) is -0.987. The predicted octanol–water partition coefficient (Wildman–Crippen LogP) is 3.38. The van der Waals surface area contributed by atoms with Crippen LogP contribution < -0.4 is 10.6 Å². The van der Waals surface area contributed by atoms with Crippen molar-refractivity contribution in [2.45, 2.75) is 6.92 Å². The lowest BCUT2D eigenvalue weighted by Gasteiger charge is -2.34. The third kappa shape index (κ3) is 5.68. The van der Waals surface area contributed by atoms with Crippen LogP contribution >= 0.6 is 0 Å². The molecule has 1 fully saturated rings. The third-order valence-corrected chi connectivity index (χ3v) is 5.61. The number of aryl methyl sites for hydroxylation is 1. The molecule has 0 atom stereocenters. The number of hydrogen-bond donors (Lipinski definition) is 2. The van der Waals surface area contributed by atoms with E-state index < -0.39 is 5.82 Å². The molecule has 0 unspecified atom stereocenters. The summed E-state index contributed by atoms with van der Waals surface area (Å²) in [6.07, 6.45) is 1.42. The number of halogens is 1. The molecule has 3 amide bonds. The van der Waals surface area contributed by atoms with Crippen molar-refractivity contribution in [3.63, 3.8) is 0 Å². The zero-order valence-corrected chi connectivity index (χ0v) is 18.7. The van der Waals surface area contributed by atoms with E-state index >= 15 is 0 Å². The number of rotatable bonds is 6. The highest BCUT2D eigenvalue weighted by atomic mass is 19.1. The summed E-state index contributed by atoms with van der Waals surface area (Å²) in [6, 6.07) is 14.1. The molecule has 2 heterocycles. The molecule has 1 aromatic heterocycles. The first-order valence-corrected chi connectivity index (χ1v) is 10.9. The smallest absolute Gasteiger partial charge is 0.291 e. The topological polar surface area (TPSA) is 94.9 Å². The van der Waals surface area contributed by atoms with E-state index in [-0.39, 0.29) is 30.0 Å². The second kappa shape index (κ2) is 10.3. The normalized spacial score (nSPS) is 14.0. The van der Waals surface area contributed by atoms with Crippen LogP contribution in [0.2, 0.25) is 0 Å². The largest absolute Gasteiger partial charge is 0.459 e. The Bertz CT molecular complexity index is 1190. The number of carbonyl (C=O) groups is 3. The molecule has 34 heavy (non-hydrogen) atoms. The van der Waals surface area contributed by atoms with Crippen molar-refractivity contribution < 1.29 is 23.2 Å². The molecule has 1 aliphatic rings. The minimum atomic E-state index is -0.412. The quantitative estimate of drug-likeness (QED) is 0.583. The summed E-state index contributed by atoms with van der Waals surface area (Å²) >= 11 is 0. The molecule has 0 aliphatic carbocycles. The van der Waals surface area contributed by atoms with Gasteiger partial charge in [0.05, 0.1) is 12.8 Å². The Morgan fingerprint density at radius 2 is 1.76 bits per heavy atom. The maximum absolute atomic E-state index is 13.3. The number of furan rings is 1. The van der Waals surface area contributed by atoms with E-state index in [0.717, 1.165) is 5.56 Å². The van der Waals surface area contributed by atoms with E-state index in [1.807, 2.05) is 11.8 Å². The Kier molecular flexibility index (Phi) is 7.03. The molecule has 2 N–H and O–H groups in total. The van der Waals surface area contributed by atoms with E-state index in [1.54, 1.807) is 41.3 Å². The first kappa shape index (κ1) is 23.2. The molecule has 0 bridgehead atoms. The lowest BCUT2D eigenvalue weighted by atomic mass is 10.1. The van der Waals surface area contributed by atoms with E-state index in [2.05, 4.69) is 10.6 Å². The van der Waals surface area contributed by atoms with E-state index in [1.165, 1.54) is 24.5 Å². The second-order valence-electron chi connectivity index (χ2n) is 8.09. The molecule has 0 spiro atoms. The number of hydrogen-bond acceptors (Lipinski definition) is 5. The van der Waals surface area contributed by atoms with Gasteiger partial charge >= 0.3 is 0 Å². The predicted molar refractivity (Wildman–Crippen MR) is 125 cm³/mol. The average Bonchev–Trinajstić information content (AvgIpc) is 3.36. The van der Waals surface area contributed by atoms with Crippen molar-refractivity contribution in [1.29, 1.82) is 0 Å². The first-order valence-electron chi connectivity index (χ1n) is 10.9. The van der Waals surface area contributed by atoms with Gasteiger partial charge in [-0.25, -0.2) is 4.39 Å². The summed E-state index contributed by atoms with van der Waals surface area (Å²) in [5.41, 5.74) is 2.25. The van der Waals surface area contributed by atoms with Crippen LogP contribution in [0, 0.1) is 12.7 Å². The Labute approximate surface area is 196 Å². The Morgan fingerprint density at radius 3 is 2.47 bits per heavy atom. The maximum Gasteiger partial charge on any atom is 0.291 e. The number of benzene rings is 2. The Hall–Kier alpha value is -3.98. The van der Waals surface area contributed by atoms with Gasteiger partial charge in [-0.05, 0) is 55.0 Å². The highest BCUT2D eigenvalue weighted by Gasteiger charge is 2.24. The minimum absolute atomic E-state index is 0.141. The number of carbonyl (C=O) groups excluding carboxylic acids is 3. The summed E-state index contributed by atoms with van der Waals surface area (Å²) in [6.45, 7) is 4.01. The van der Waals surface area contributed by atoms with Gasteiger partial charge in [0.25, 0.3) is 11.8 Å². The Morgan fingerprint density at radius 1 is 0.971 bits per heavy atom. The van der Waals surface area contributed by atoms with Crippen LogP contribution in [-0.2, 0) is 4.79 Å². The number of amides is 3. The van der Waals surface area contributed by atoms with Gasteiger partial charge in [-0.15, -0.1) is 0 Å². The molecule has 0 saturated carbocycles. The van der Waals surface area contributed by atoms with Gasteiger partial charge in [0, 0.05) is 43.1 Å². The van der Waals surface area contributed by atoms with Crippen LogP contribution in [0.1, 0.15) is 26.5 Å². The van der Waals surface area contributed by atoms with Crippen LogP contribution in [0.15, 0.2) is 65.3 Å². The fraction of sp³-hybridized carbons (Fsp3) is 0.240. The second-order valence-corrected chi connectivity index (χ2v) is 8.09. The Balaban J connectivity index is 1.31. The number of nitrogens with zero attached hydrogens (tertiary/aromatic N) is 2. The highest BCUT2D eigenvalue weighted by Crippen LogP contribution is 2.20. The lowest BCUT2D eigenvalue weighted by molar-refractivity contribution is -0.117. The standard InChI is InChI=1S/C25H25FN4O4/c1-17-7-8-18(14-21(17)28-24(32)22-6-3-13-34-22)25(33)30-11-9-29(10-12-30)16-23(31)27-20-5-2-4-19(26)15-20/h2-8,13-15H,9-12,16H2,1H3,(H,27,31)(H,28,32). The van der Waals surface area contributed by atoms with Crippen molar-refractivity contribution in [1.82, 2.24) is 9.80 Å². The third-order valence-electron chi connectivity index (χ3n) is 5.61. The molecule has 1 aliphatic heterocycles. The van der Waals surface area contributed by atoms with Crippen molar-refractivity contribution in [3.8, 4) is 0 Å². The van der Waals surface area contributed by atoms with Crippen molar-refractivity contribution in [2.24, 2.45) is 0 Å². The van der Waals surface area contributed by atoms with Crippen molar-refractivity contribution in [2.75, 3.05) is 43.4 Å². The SMILES string of the molecule is Cc1ccc(C(=O)N2CCN(CC(=O)Nc3cccc(F)c3)CC2)cc1NC(=O)c1ccco1. The van der Waals surface area contributed by atoms with Gasteiger partial charge in [0.15, 0.2) is 5.76 Å². The van der Waals surface area contributed by atoms with E-state index in [9.17, 15) is 18.8 Å². The lowest BCUT2D eigenvalue weighted by Crippen LogP contribution is -2.50. The zero-order valence-electron chi connectivity index (χ0n) is 18.7. The van der Waals surface area contributed by atoms with E-state index in [4.69, 9.17) is 4.42 Å². The summed E-state index contributed by atoms with van der Waals surface area (Å²) < 4.78 is 18.4. The van der Waals surface area contributed by atoms with Gasteiger partial charge in [0.2, 0.25) is 5.91 Å². The van der Waals surface area contributed by atoms with Gasteiger partial charge in [-0.2, -0.15) is 0 Å². The molecule has 4 rings (SSSR count). The minimum Gasteiger partial charge on any atom is -0.459 e. The zero-order chi connectivity index (χ0) is 24.1. The van der Waals surface area contributed by atoms with Gasteiger partial charge in [-0.3, -0.25) is 19.3 Å². The molecular formula is C25H25FN4O4. The molecule has 2 aromatic carbocycles.